The topological polar surface area (TPSA) is 57.6 Å². The molecule has 4 heterocycles. The number of likely N-dealkylation sites (tertiary alicyclic amines) is 1. The molecule has 1 aromatic rings. The van der Waals surface area contributed by atoms with Crippen molar-refractivity contribution in [3.8, 4) is 0 Å². The van der Waals surface area contributed by atoms with Crippen LogP contribution in [0, 0.1) is 12.8 Å². The molecule has 1 atom stereocenters. The van der Waals surface area contributed by atoms with E-state index in [9.17, 15) is 9.59 Å². The summed E-state index contributed by atoms with van der Waals surface area (Å²) in [5.74, 6) is 2.83. The molecule has 3 aliphatic rings. The number of aryl methyl sites for hydroxylation is 1. The fourth-order valence-corrected chi connectivity index (χ4v) is 5.89. The predicted octanol–water partition coefficient (Wildman–Crippen LogP) is 2.65. The van der Waals surface area contributed by atoms with E-state index in [2.05, 4.69) is 10.2 Å². The second-order valence-corrected chi connectivity index (χ2v) is 9.94. The van der Waals surface area contributed by atoms with Crippen LogP contribution in [0.1, 0.15) is 41.6 Å². The maximum absolute atomic E-state index is 13.3. The molecular formula is C22H36Cl2N4O2S. The Morgan fingerprint density at radius 2 is 1.84 bits per heavy atom. The van der Waals surface area contributed by atoms with Crippen LogP contribution in [0.15, 0.2) is 17.1 Å². The number of hydrogen-bond donors (Lipinski definition) is 1. The van der Waals surface area contributed by atoms with E-state index < -0.39 is 0 Å². The summed E-state index contributed by atoms with van der Waals surface area (Å²) in [6.45, 7) is 8.45. The minimum Gasteiger partial charge on any atom is -0.338 e. The van der Waals surface area contributed by atoms with Crippen LogP contribution in [-0.4, -0.2) is 77.1 Å². The summed E-state index contributed by atoms with van der Waals surface area (Å²) in [6.07, 6.45) is 6.19. The van der Waals surface area contributed by atoms with Crippen LogP contribution in [0.4, 0.5) is 0 Å². The number of amides is 1. The number of halogens is 2. The van der Waals surface area contributed by atoms with Gasteiger partial charge in [-0.1, -0.05) is 0 Å². The Labute approximate surface area is 202 Å². The van der Waals surface area contributed by atoms with Gasteiger partial charge in [0.2, 0.25) is 0 Å². The molecule has 0 radical (unpaired) electrons. The van der Waals surface area contributed by atoms with Gasteiger partial charge in [0.05, 0.1) is 0 Å². The van der Waals surface area contributed by atoms with Gasteiger partial charge in [-0.3, -0.25) is 14.5 Å². The van der Waals surface area contributed by atoms with Crippen LogP contribution in [0.25, 0.3) is 0 Å². The zero-order valence-electron chi connectivity index (χ0n) is 18.4. The average Bonchev–Trinajstić information content (AvgIpc) is 2.77. The van der Waals surface area contributed by atoms with Crippen LogP contribution in [0.2, 0.25) is 0 Å². The first kappa shape index (κ1) is 26.5. The van der Waals surface area contributed by atoms with Crippen LogP contribution in [0.5, 0.6) is 0 Å². The molecule has 3 fully saturated rings. The zero-order chi connectivity index (χ0) is 20.2. The third kappa shape index (κ3) is 6.41. The smallest absolute Gasteiger partial charge is 0.263 e. The quantitative estimate of drug-likeness (QED) is 0.702. The highest BCUT2D eigenvalue weighted by molar-refractivity contribution is 7.99. The van der Waals surface area contributed by atoms with E-state index in [1.54, 1.807) is 4.57 Å². The van der Waals surface area contributed by atoms with Gasteiger partial charge in [-0.25, -0.2) is 0 Å². The first-order valence-electron chi connectivity index (χ1n) is 11.2. The number of rotatable bonds is 4. The summed E-state index contributed by atoms with van der Waals surface area (Å²) >= 11 is 2.03. The number of piperidine rings is 2. The highest BCUT2D eigenvalue weighted by Crippen LogP contribution is 2.22. The van der Waals surface area contributed by atoms with Gasteiger partial charge in [-0.2, -0.15) is 11.8 Å². The molecule has 0 saturated carbocycles. The van der Waals surface area contributed by atoms with Crippen LogP contribution >= 0.6 is 36.6 Å². The van der Waals surface area contributed by atoms with Crippen LogP contribution < -0.4 is 10.9 Å². The molecule has 0 aromatic carbocycles. The number of pyridine rings is 1. The normalized spacial score (nSPS) is 23.0. The molecule has 1 unspecified atom stereocenters. The lowest BCUT2D eigenvalue weighted by Crippen LogP contribution is -2.50. The Morgan fingerprint density at radius 1 is 1.13 bits per heavy atom. The molecule has 3 aliphatic heterocycles. The number of thioether (sulfide) groups is 1. The van der Waals surface area contributed by atoms with Gasteiger partial charge in [0.15, 0.2) is 0 Å². The number of aromatic nitrogens is 1. The molecule has 0 bridgehead atoms. The first-order chi connectivity index (χ1) is 14.1. The minimum atomic E-state index is -0.115. The number of nitrogens with zero attached hydrogens (tertiary/aromatic N) is 3. The summed E-state index contributed by atoms with van der Waals surface area (Å²) in [5, 5.41) is 3.41. The average molecular weight is 492 g/mol. The van der Waals surface area contributed by atoms with Crippen molar-refractivity contribution in [2.45, 2.75) is 45.2 Å². The van der Waals surface area contributed by atoms with Gasteiger partial charge in [-0.15, -0.1) is 24.8 Å². The predicted molar refractivity (Wildman–Crippen MR) is 133 cm³/mol. The van der Waals surface area contributed by atoms with Crippen molar-refractivity contribution >= 4 is 42.5 Å². The highest BCUT2D eigenvalue weighted by Gasteiger charge is 2.30. The number of carbonyl (C=O) groups is 1. The molecule has 3 saturated heterocycles. The molecule has 176 valence electrons. The second-order valence-electron chi connectivity index (χ2n) is 8.72. The van der Waals surface area contributed by atoms with Crippen LogP contribution in [0.3, 0.4) is 0 Å². The monoisotopic (exact) mass is 490 g/mol. The van der Waals surface area contributed by atoms with Crippen molar-refractivity contribution in [3.05, 3.63) is 33.7 Å². The van der Waals surface area contributed by atoms with Crippen molar-refractivity contribution in [2.75, 3.05) is 50.8 Å². The van der Waals surface area contributed by atoms with E-state index >= 15 is 0 Å². The van der Waals surface area contributed by atoms with Gasteiger partial charge < -0.3 is 14.8 Å². The summed E-state index contributed by atoms with van der Waals surface area (Å²) in [4.78, 5) is 30.9. The van der Waals surface area contributed by atoms with E-state index in [4.69, 9.17) is 0 Å². The van der Waals surface area contributed by atoms with E-state index in [0.717, 1.165) is 57.4 Å². The maximum Gasteiger partial charge on any atom is 0.263 e. The van der Waals surface area contributed by atoms with E-state index in [1.165, 1.54) is 24.6 Å². The Balaban J connectivity index is 0.00000171. The minimum absolute atomic E-state index is 0. The van der Waals surface area contributed by atoms with E-state index in [-0.39, 0.29) is 36.3 Å². The molecule has 1 amide bonds. The highest BCUT2D eigenvalue weighted by atomic mass is 35.5. The summed E-state index contributed by atoms with van der Waals surface area (Å²) in [7, 11) is 0. The third-order valence-electron chi connectivity index (χ3n) is 6.76. The lowest BCUT2D eigenvalue weighted by atomic mass is 9.99. The lowest BCUT2D eigenvalue weighted by molar-refractivity contribution is 0.0627. The molecule has 9 heteroatoms. The van der Waals surface area contributed by atoms with Gasteiger partial charge in [0.1, 0.15) is 5.56 Å². The summed E-state index contributed by atoms with van der Waals surface area (Å²) in [6, 6.07) is 2.52. The Morgan fingerprint density at radius 3 is 2.48 bits per heavy atom. The van der Waals surface area contributed by atoms with E-state index in [1.807, 2.05) is 35.8 Å². The molecule has 0 aliphatic carbocycles. The fraction of sp³-hybridized carbons (Fsp3) is 0.727. The Hall–Kier alpha value is -0.730. The number of nitrogens with one attached hydrogen (secondary N) is 1. The van der Waals surface area contributed by atoms with Gasteiger partial charge >= 0.3 is 0 Å². The SMILES string of the molecule is Cc1ccn(CC2CCCNC2)c(=O)c1C(=O)N1CCC(N2CCSCC2)CC1.Cl.Cl. The largest absolute Gasteiger partial charge is 0.338 e. The molecule has 31 heavy (non-hydrogen) atoms. The van der Waals surface area contributed by atoms with Crippen molar-refractivity contribution in [1.29, 1.82) is 0 Å². The Bertz CT molecular complexity index is 771. The van der Waals surface area contributed by atoms with Crippen molar-refractivity contribution in [1.82, 2.24) is 19.7 Å². The molecular weight excluding hydrogens is 455 g/mol. The van der Waals surface area contributed by atoms with Gasteiger partial charge in [0.25, 0.3) is 11.5 Å². The zero-order valence-corrected chi connectivity index (χ0v) is 20.8. The first-order valence-corrected chi connectivity index (χ1v) is 12.3. The fourth-order valence-electron chi connectivity index (χ4n) is 4.96. The summed E-state index contributed by atoms with van der Waals surface area (Å²) in [5.41, 5.74) is 1.06. The second kappa shape index (κ2) is 12.5. The summed E-state index contributed by atoms with van der Waals surface area (Å²) < 4.78 is 1.76. The number of hydrogen-bond acceptors (Lipinski definition) is 5. The maximum atomic E-state index is 13.3. The van der Waals surface area contributed by atoms with Crippen molar-refractivity contribution in [3.63, 3.8) is 0 Å². The number of carbonyl (C=O) groups excluding carboxylic acids is 1. The van der Waals surface area contributed by atoms with Gasteiger partial charge in [0, 0.05) is 56.5 Å². The Kier molecular flexibility index (Phi) is 10.7. The third-order valence-corrected chi connectivity index (χ3v) is 7.70. The van der Waals surface area contributed by atoms with Gasteiger partial charge in [-0.05, 0) is 63.2 Å². The molecule has 1 aromatic heterocycles. The van der Waals surface area contributed by atoms with Crippen LogP contribution in [-0.2, 0) is 6.54 Å². The van der Waals surface area contributed by atoms with Crippen molar-refractivity contribution < 1.29 is 4.79 Å². The molecule has 4 rings (SSSR count). The standard InChI is InChI=1S/C22H34N4O2S.2ClH/c1-17-4-8-26(16-18-3-2-7-23-15-18)22(28)20(17)21(27)25-9-5-19(6-10-25)24-11-13-29-14-12-24;;/h4,8,18-19,23H,2-3,5-7,9-16H2,1H3;2*1H. The molecule has 0 spiro atoms. The molecule has 6 nitrogen and oxygen atoms in total. The molecule has 1 N–H and O–H groups in total. The lowest BCUT2D eigenvalue weighted by Gasteiger charge is -2.40. The van der Waals surface area contributed by atoms with E-state index in [0.29, 0.717) is 24.1 Å². The van der Waals surface area contributed by atoms with Crippen molar-refractivity contribution in [2.24, 2.45) is 5.92 Å².